The summed E-state index contributed by atoms with van der Waals surface area (Å²) >= 11 is 4.81. The second-order valence-electron chi connectivity index (χ2n) is 3.23. The van der Waals surface area contributed by atoms with Crippen LogP contribution in [0.1, 0.15) is 10.7 Å². The molecule has 0 saturated heterocycles. The maximum Gasteiger partial charge on any atom is 0.434 e. The molecule has 0 aliphatic carbocycles. The molecule has 0 spiro atoms. The largest absolute Gasteiger partial charge is 0.495 e. The average molecular weight is 284 g/mol. The molecule has 1 aromatic rings. The molecule has 17 heavy (non-hydrogen) atoms. The maximum absolute atomic E-state index is 12.3. The molecule has 0 unspecified atom stereocenters. The van der Waals surface area contributed by atoms with Gasteiger partial charge >= 0.3 is 6.18 Å². The number of nitrogens with zero attached hydrogens (tertiary/aromatic N) is 2. The Balaban J connectivity index is 2.70. The number of thiazole rings is 1. The smallest absolute Gasteiger partial charge is 0.434 e. The van der Waals surface area contributed by atoms with Gasteiger partial charge in [-0.25, -0.2) is 4.98 Å². The number of aromatic nitrogens is 1. The van der Waals surface area contributed by atoms with Crippen molar-refractivity contribution >= 4 is 24.0 Å². The highest BCUT2D eigenvalue weighted by molar-refractivity contribution is 7.80. The minimum atomic E-state index is -4.42. The van der Waals surface area contributed by atoms with Gasteiger partial charge < -0.3 is 10.0 Å². The molecule has 8 heteroatoms. The van der Waals surface area contributed by atoms with Crippen LogP contribution < -0.4 is 0 Å². The van der Waals surface area contributed by atoms with E-state index in [-0.39, 0.29) is 12.4 Å². The lowest BCUT2D eigenvalue weighted by Crippen LogP contribution is -2.17. The number of halogens is 3. The zero-order chi connectivity index (χ0) is 13.1. The van der Waals surface area contributed by atoms with E-state index in [1.54, 1.807) is 7.05 Å². The highest BCUT2D eigenvalue weighted by atomic mass is 32.1. The summed E-state index contributed by atoms with van der Waals surface area (Å²) in [6.07, 6.45) is -2.97. The second-order valence-corrected chi connectivity index (χ2v) is 4.53. The van der Waals surface area contributed by atoms with E-state index in [0.717, 1.165) is 16.7 Å². The molecule has 0 aromatic carbocycles. The van der Waals surface area contributed by atoms with Crippen LogP contribution >= 0.6 is 24.0 Å². The molecule has 0 fully saturated rings. The Morgan fingerprint density at radius 3 is 2.76 bits per heavy atom. The van der Waals surface area contributed by atoms with Gasteiger partial charge in [-0.2, -0.15) is 25.8 Å². The van der Waals surface area contributed by atoms with Crippen molar-refractivity contribution in [1.82, 2.24) is 9.88 Å². The predicted octanol–water partition coefficient (Wildman–Crippen LogP) is 2.92. The fraction of sp³-hybridized carbons (Fsp3) is 0.444. The standard InChI is InChI=1S/C9H11F3N2OS2/c1-14(8(15)2-3-16)4-7-13-6(5-17-7)9(10,11)12/h2,5,15-16H,3-4H2,1H3/b8-2+. The molecule has 1 N–H and O–H groups in total. The van der Waals surface area contributed by atoms with E-state index in [2.05, 4.69) is 17.6 Å². The number of hydrogen-bond donors (Lipinski definition) is 2. The lowest BCUT2D eigenvalue weighted by molar-refractivity contribution is -0.140. The Kier molecular flexibility index (Phi) is 4.70. The molecule has 1 heterocycles. The summed E-state index contributed by atoms with van der Waals surface area (Å²) in [5.74, 6) is 0.311. The minimum absolute atomic E-state index is 0.0382. The van der Waals surface area contributed by atoms with Crippen LogP contribution in [0, 0.1) is 0 Å². The van der Waals surface area contributed by atoms with E-state index in [1.165, 1.54) is 11.0 Å². The molecule has 0 saturated carbocycles. The molecule has 1 rings (SSSR count). The van der Waals surface area contributed by atoms with Gasteiger partial charge in [0.2, 0.25) is 0 Å². The van der Waals surface area contributed by atoms with Crippen LogP contribution in [0.5, 0.6) is 0 Å². The van der Waals surface area contributed by atoms with Gasteiger partial charge in [-0.1, -0.05) is 0 Å². The molecule has 0 bridgehead atoms. The highest BCUT2D eigenvalue weighted by Gasteiger charge is 2.33. The zero-order valence-corrected chi connectivity index (χ0v) is 10.6. The van der Waals surface area contributed by atoms with Crippen LogP contribution in [0.2, 0.25) is 0 Å². The van der Waals surface area contributed by atoms with Crippen molar-refractivity contribution in [2.75, 3.05) is 12.8 Å². The Bertz CT molecular complexity index is 403. The van der Waals surface area contributed by atoms with Gasteiger partial charge in [-0.05, 0) is 6.08 Å². The SMILES string of the molecule is CN(Cc1nc(C(F)(F)F)cs1)/C(O)=C\CS. The molecule has 0 amide bonds. The molecule has 0 radical (unpaired) electrons. The van der Waals surface area contributed by atoms with Crippen LogP contribution in [0.3, 0.4) is 0 Å². The van der Waals surface area contributed by atoms with Crippen LogP contribution in [0.15, 0.2) is 17.3 Å². The molecular formula is C9H11F3N2OS2. The number of aliphatic hydroxyl groups excluding tert-OH is 1. The first kappa shape index (κ1) is 14.2. The van der Waals surface area contributed by atoms with Crippen molar-refractivity contribution < 1.29 is 18.3 Å². The Labute approximate surface area is 106 Å². The van der Waals surface area contributed by atoms with Gasteiger partial charge in [0, 0.05) is 18.2 Å². The third-order valence-electron chi connectivity index (χ3n) is 1.88. The normalized spacial score (nSPS) is 12.9. The van der Waals surface area contributed by atoms with E-state index in [1.807, 2.05) is 0 Å². The topological polar surface area (TPSA) is 36.4 Å². The van der Waals surface area contributed by atoms with Crippen molar-refractivity contribution in [2.24, 2.45) is 0 Å². The van der Waals surface area contributed by atoms with Crippen LogP contribution in [-0.4, -0.2) is 27.8 Å². The molecule has 96 valence electrons. The summed E-state index contributed by atoms with van der Waals surface area (Å²) in [4.78, 5) is 4.86. The quantitative estimate of drug-likeness (QED) is 0.659. The van der Waals surface area contributed by atoms with E-state index in [4.69, 9.17) is 0 Å². The molecular weight excluding hydrogens is 273 g/mol. The third kappa shape index (κ3) is 4.12. The van der Waals surface area contributed by atoms with Crippen molar-refractivity contribution in [3.8, 4) is 0 Å². The van der Waals surface area contributed by atoms with Gasteiger partial charge in [0.15, 0.2) is 11.6 Å². The highest BCUT2D eigenvalue weighted by Crippen LogP contribution is 2.30. The van der Waals surface area contributed by atoms with Crippen LogP contribution in [-0.2, 0) is 12.7 Å². The fourth-order valence-corrected chi connectivity index (χ4v) is 2.05. The van der Waals surface area contributed by atoms with Gasteiger partial charge in [0.25, 0.3) is 0 Å². The first-order valence-corrected chi connectivity index (χ1v) is 6.08. The van der Waals surface area contributed by atoms with Gasteiger partial charge in [0.05, 0.1) is 6.54 Å². The van der Waals surface area contributed by atoms with Crippen molar-refractivity contribution in [2.45, 2.75) is 12.7 Å². The van der Waals surface area contributed by atoms with Gasteiger partial charge in [0.1, 0.15) is 5.01 Å². The van der Waals surface area contributed by atoms with E-state index < -0.39 is 11.9 Å². The minimum Gasteiger partial charge on any atom is -0.495 e. The molecule has 3 nitrogen and oxygen atoms in total. The number of thiol groups is 1. The molecule has 0 atom stereocenters. The number of rotatable bonds is 4. The molecule has 0 aliphatic rings. The first-order valence-electron chi connectivity index (χ1n) is 4.57. The van der Waals surface area contributed by atoms with Gasteiger partial charge in [-0.15, -0.1) is 11.3 Å². The number of hydrogen-bond acceptors (Lipinski definition) is 5. The summed E-state index contributed by atoms with van der Waals surface area (Å²) in [5.41, 5.74) is -0.899. The van der Waals surface area contributed by atoms with Gasteiger partial charge in [-0.3, -0.25) is 0 Å². The van der Waals surface area contributed by atoms with Crippen LogP contribution in [0.25, 0.3) is 0 Å². The summed E-state index contributed by atoms with van der Waals surface area (Å²) < 4.78 is 36.8. The van der Waals surface area contributed by atoms with E-state index >= 15 is 0 Å². The first-order chi connectivity index (χ1) is 7.84. The Morgan fingerprint density at radius 1 is 1.65 bits per heavy atom. The van der Waals surface area contributed by atoms with E-state index in [0.29, 0.717) is 10.8 Å². The fourth-order valence-electron chi connectivity index (χ4n) is 1.04. The summed E-state index contributed by atoms with van der Waals surface area (Å²) in [5, 5.41) is 10.7. The van der Waals surface area contributed by atoms with Crippen molar-refractivity contribution in [3.05, 3.63) is 28.0 Å². The lowest BCUT2D eigenvalue weighted by atomic mass is 10.5. The van der Waals surface area contributed by atoms with Crippen molar-refractivity contribution in [3.63, 3.8) is 0 Å². The Hall–Kier alpha value is -0.890. The number of alkyl halides is 3. The monoisotopic (exact) mass is 284 g/mol. The summed E-state index contributed by atoms with van der Waals surface area (Å²) in [7, 11) is 1.56. The average Bonchev–Trinajstić information content (AvgIpc) is 2.66. The summed E-state index contributed by atoms with van der Waals surface area (Å²) in [6.45, 7) is 0.122. The summed E-state index contributed by atoms with van der Waals surface area (Å²) in [6, 6.07) is 0. The van der Waals surface area contributed by atoms with Crippen LogP contribution in [0.4, 0.5) is 13.2 Å². The number of aliphatic hydroxyl groups is 1. The molecule has 1 aromatic heterocycles. The Morgan fingerprint density at radius 2 is 2.29 bits per heavy atom. The lowest BCUT2D eigenvalue weighted by Gasteiger charge is -2.15. The van der Waals surface area contributed by atoms with E-state index in [9.17, 15) is 18.3 Å². The maximum atomic E-state index is 12.3. The second kappa shape index (κ2) is 5.63. The molecule has 0 aliphatic heterocycles. The third-order valence-corrected chi connectivity index (χ3v) is 2.90. The predicted molar refractivity (Wildman–Crippen MR) is 63.1 cm³/mol. The zero-order valence-electron chi connectivity index (χ0n) is 8.90. The van der Waals surface area contributed by atoms with Crippen molar-refractivity contribution in [1.29, 1.82) is 0 Å².